The monoisotopic (exact) mass is 377 g/mol. The molecule has 28 heavy (non-hydrogen) atoms. The van der Waals surface area contributed by atoms with Crippen molar-refractivity contribution in [2.24, 2.45) is 0 Å². The Labute approximate surface area is 164 Å². The molecule has 1 amide bonds. The molecule has 0 saturated heterocycles. The molecule has 1 aliphatic rings. The molecule has 0 saturated carbocycles. The highest BCUT2D eigenvalue weighted by Crippen LogP contribution is 2.35. The van der Waals surface area contributed by atoms with Gasteiger partial charge in [-0.15, -0.1) is 0 Å². The number of nitrogens with zero attached hydrogens (tertiary/aromatic N) is 3. The van der Waals surface area contributed by atoms with Crippen LogP contribution in [0.5, 0.6) is 5.75 Å². The van der Waals surface area contributed by atoms with E-state index in [0.29, 0.717) is 24.6 Å². The van der Waals surface area contributed by atoms with E-state index in [1.165, 1.54) is 11.1 Å². The van der Waals surface area contributed by atoms with Crippen molar-refractivity contribution in [1.29, 1.82) is 0 Å². The van der Waals surface area contributed by atoms with Crippen molar-refractivity contribution < 1.29 is 14.1 Å². The van der Waals surface area contributed by atoms with Crippen LogP contribution in [0.1, 0.15) is 35.9 Å². The van der Waals surface area contributed by atoms with Gasteiger partial charge in [-0.1, -0.05) is 29.4 Å². The van der Waals surface area contributed by atoms with Crippen molar-refractivity contribution in [3.8, 4) is 17.1 Å². The molecule has 0 bridgehead atoms. The van der Waals surface area contributed by atoms with Gasteiger partial charge in [0.25, 0.3) is 0 Å². The smallest absolute Gasteiger partial charge is 0.227 e. The summed E-state index contributed by atoms with van der Waals surface area (Å²) >= 11 is 0. The third-order valence-corrected chi connectivity index (χ3v) is 5.33. The molecular formula is C22H23N3O3. The summed E-state index contributed by atoms with van der Waals surface area (Å²) < 4.78 is 10.5. The van der Waals surface area contributed by atoms with Gasteiger partial charge < -0.3 is 14.2 Å². The molecule has 4 rings (SSSR count). The summed E-state index contributed by atoms with van der Waals surface area (Å²) in [6, 6.07) is 16.0. The molecule has 1 atom stereocenters. The zero-order valence-corrected chi connectivity index (χ0v) is 16.1. The summed E-state index contributed by atoms with van der Waals surface area (Å²) in [7, 11) is 3.51. The highest BCUT2D eigenvalue weighted by molar-refractivity contribution is 5.76. The third-order valence-electron chi connectivity index (χ3n) is 5.33. The number of fused-ring (bicyclic) bond motifs is 1. The van der Waals surface area contributed by atoms with E-state index in [-0.39, 0.29) is 11.9 Å². The van der Waals surface area contributed by atoms with E-state index in [1.54, 1.807) is 7.11 Å². The van der Waals surface area contributed by atoms with Crippen LogP contribution < -0.4 is 4.74 Å². The maximum absolute atomic E-state index is 12.7. The van der Waals surface area contributed by atoms with Gasteiger partial charge in [0.15, 0.2) is 0 Å². The van der Waals surface area contributed by atoms with E-state index in [4.69, 9.17) is 9.26 Å². The van der Waals surface area contributed by atoms with Gasteiger partial charge in [-0.3, -0.25) is 4.79 Å². The molecule has 1 heterocycles. The number of carbonyl (C=O) groups is 1. The summed E-state index contributed by atoms with van der Waals surface area (Å²) in [5.41, 5.74) is 3.45. The van der Waals surface area contributed by atoms with Gasteiger partial charge in [-0.25, -0.2) is 0 Å². The van der Waals surface area contributed by atoms with Crippen molar-refractivity contribution in [2.75, 3.05) is 14.2 Å². The van der Waals surface area contributed by atoms with Gasteiger partial charge in [0.1, 0.15) is 5.75 Å². The fourth-order valence-electron chi connectivity index (χ4n) is 3.71. The summed E-state index contributed by atoms with van der Waals surface area (Å²) in [5.74, 6) is 1.85. The average molecular weight is 377 g/mol. The Kier molecular flexibility index (Phi) is 5.10. The molecule has 0 aliphatic heterocycles. The molecule has 0 radical (unpaired) electrons. The molecule has 144 valence electrons. The van der Waals surface area contributed by atoms with Crippen molar-refractivity contribution in [1.82, 2.24) is 15.0 Å². The van der Waals surface area contributed by atoms with E-state index in [0.717, 1.165) is 24.2 Å². The predicted molar refractivity (Wildman–Crippen MR) is 105 cm³/mol. The number of carbonyl (C=O) groups excluding carboxylic acids is 1. The fraction of sp³-hybridized carbons (Fsp3) is 0.318. The highest BCUT2D eigenvalue weighted by atomic mass is 16.5. The molecule has 0 fully saturated rings. The van der Waals surface area contributed by atoms with Crippen LogP contribution in [0.4, 0.5) is 0 Å². The molecular weight excluding hydrogens is 354 g/mol. The van der Waals surface area contributed by atoms with Crippen molar-refractivity contribution >= 4 is 5.91 Å². The Hall–Kier alpha value is -3.15. The largest absolute Gasteiger partial charge is 0.497 e. The fourth-order valence-corrected chi connectivity index (χ4v) is 3.71. The molecule has 2 aromatic carbocycles. The Morgan fingerprint density at radius 1 is 1.21 bits per heavy atom. The van der Waals surface area contributed by atoms with Gasteiger partial charge in [0.2, 0.25) is 17.6 Å². The lowest BCUT2D eigenvalue weighted by atomic mass is 10.1. The standard InChI is InChI=1S/C22H23N3O3/c1-25(19-12-9-15-5-3-4-6-18(15)19)21(26)14-13-20-23-22(24-28-20)16-7-10-17(27-2)11-8-16/h3-8,10-11,19H,9,12-14H2,1-2H3. The zero-order valence-electron chi connectivity index (χ0n) is 16.1. The molecule has 0 N–H and O–H groups in total. The Bertz CT molecular complexity index is 965. The second-order valence-electron chi connectivity index (χ2n) is 7.00. The van der Waals surface area contributed by atoms with E-state index < -0.39 is 0 Å². The molecule has 6 heteroatoms. The van der Waals surface area contributed by atoms with Crippen LogP contribution in [-0.2, 0) is 17.6 Å². The van der Waals surface area contributed by atoms with Crippen LogP contribution in [0.3, 0.4) is 0 Å². The number of hydrogen-bond acceptors (Lipinski definition) is 5. The van der Waals surface area contributed by atoms with Crippen molar-refractivity contribution in [2.45, 2.75) is 31.7 Å². The van der Waals surface area contributed by atoms with Gasteiger partial charge in [-0.05, 0) is 48.2 Å². The second kappa shape index (κ2) is 7.84. The minimum Gasteiger partial charge on any atom is -0.497 e. The van der Waals surface area contributed by atoms with Crippen LogP contribution in [0.2, 0.25) is 0 Å². The maximum atomic E-state index is 12.7. The van der Waals surface area contributed by atoms with E-state index in [2.05, 4.69) is 28.3 Å². The minimum atomic E-state index is 0.0888. The van der Waals surface area contributed by atoms with Crippen molar-refractivity contribution in [3.63, 3.8) is 0 Å². The number of rotatable bonds is 6. The summed E-state index contributed by atoms with van der Waals surface area (Å²) in [5, 5.41) is 4.02. The average Bonchev–Trinajstić information content (AvgIpc) is 3.39. The van der Waals surface area contributed by atoms with Crippen LogP contribution in [0.25, 0.3) is 11.4 Å². The Morgan fingerprint density at radius 3 is 2.79 bits per heavy atom. The van der Waals surface area contributed by atoms with Gasteiger partial charge in [0.05, 0.1) is 13.2 Å². The van der Waals surface area contributed by atoms with Crippen LogP contribution >= 0.6 is 0 Å². The first-order valence-corrected chi connectivity index (χ1v) is 9.46. The first-order valence-electron chi connectivity index (χ1n) is 9.46. The number of aromatic nitrogens is 2. The second-order valence-corrected chi connectivity index (χ2v) is 7.00. The zero-order chi connectivity index (χ0) is 19.5. The molecule has 1 unspecified atom stereocenters. The number of ether oxygens (including phenoxy) is 1. The number of amides is 1. The van der Waals surface area contributed by atoms with Crippen LogP contribution in [-0.4, -0.2) is 35.1 Å². The first kappa shape index (κ1) is 18.2. The van der Waals surface area contributed by atoms with E-state index >= 15 is 0 Å². The molecule has 1 aliphatic carbocycles. The summed E-state index contributed by atoms with van der Waals surface area (Å²) in [6.07, 6.45) is 2.78. The van der Waals surface area contributed by atoms with Crippen LogP contribution in [0.15, 0.2) is 53.1 Å². The number of methoxy groups -OCH3 is 1. The van der Waals surface area contributed by atoms with E-state index in [1.807, 2.05) is 42.3 Å². The number of aryl methyl sites for hydroxylation is 2. The first-order chi connectivity index (χ1) is 13.7. The van der Waals surface area contributed by atoms with Gasteiger partial charge >= 0.3 is 0 Å². The molecule has 0 spiro atoms. The van der Waals surface area contributed by atoms with Crippen molar-refractivity contribution in [3.05, 3.63) is 65.5 Å². The lowest BCUT2D eigenvalue weighted by Gasteiger charge is -2.25. The summed E-state index contributed by atoms with van der Waals surface area (Å²) in [6.45, 7) is 0. The predicted octanol–water partition coefficient (Wildman–Crippen LogP) is 3.82. The third kappa shape index (κ3) is 3.63. The topological polar surface area (TPSA) is 68.5 Å². The summed E-state index contributed by atoms with van der Waals surface area (Å²) in [4.78, 5) is 18.9. The maximum Gasteiger partial charge on any atom is 0.227 e. The molecule has 3 aromatic rings. The number of hydrogen-bond donors (Lipinski definition) is 0. The SMILES string of the molecule is COc1ccc(-c2noc(CCC(=O)N(C)C3CCc4ccccc43)n2)cc1. The van der Waals surface area contributed by atoms with Gasteiger partial charge in [0, 0.05) is 25.5 Å². The lowest BCUT2D eigenvalue weighted by molar-refractivity contribution is -0.132. The quantitative estimate of drug-likeness (QED) is 0.653. The Morgan fingerprint density at radius 2 is 2.00 bits per heavy atom. The molecule has 6 nitrogen and oxygen atoms in total. The van der Waals surface area contributed by atoms with Crippen LogP contribution in [0, 0.1) is 0 Å². The van der Waals surface area contributed by atoms with Gasteiger partial charge in [-0.2, -0.15) is 4.98 Å². The Balaban J connectivity index is 1.37. The normalized spacial score (nSPS) is 15.3. The minimum absolute atomic E-state index is 0.0888. The molecule has 1 aromatic heterocycles. The number of benzene rings is 2. The lowest BCUT2D eigenvalue weighted by Crippen LogP contribution is -2.30. The van der Waals surface area contributed by atoms with E-state index in [9.17, 15) is 4.79 Å². The highest BCUT2D eigenvalue weighted by Gasteiger charge is 2.28.